The second-order valence-corrected chi connectivity index (χ2v) is 6.38. The lowest BCUT2D eigenvalue weighted by atomic mass is 10.1. The van der Waals surface area contributed by atoms with Crippen molar-refractivity contribution in [2.45, 2.75) is 19.1 Å². The molecular weight excluding hydrogens is 372 g/mol. The predicted octanol–water partition coefficient (Wildman–Crippen LogP) is 2.31. The largest absolute Gasteiger partial charge is 0.490 e. The fourth-order valence-electron chi connectivity index (χ4n) is 2.06. The highest BCUT2D eigenvalue weighted by molar-refractivity contribution is 9.10. The molecule has 2 rings (SSSR count). The maximum atomic E-state index is 12.1. The van der Waals surface area contributed by atoms with Gasteiger partial charge < -0.3 is 20.9 Å². The van der Waals surface area contributed by atoms with E-state index < -0.39 is 12.1 Å². The third-order valence-corrected chi connectivity index (χ3v) is 4.15. The third-order valence-electron chi connectivity index (χ3n) is 3.50. The number of halogens is 1. The van der Waals surface area contributed by atoms with E-state index in [-0.39, 0.29) is 19.1 Å². The summed E-state index contributed by atoms with van der Waals surface area (Å²) in [4.78, 5) is 12.1. The van der Waals surface area contributed by atoms with Gasteiger partial charge in [0.25, 0.3) is 0 Å². The third kappa shape index (κ3) is 5.33. The zero-order valence-electron chi connectivity index (χ0n) is 13.4. The molecule has 6 heteroatoms. The molecular formula is C18H21BrN2O3. The van der Waals surface area contributed by atoms with Gasteiger partial charge >= 0.3 is 0 Å². The number of ether oxygens (including phenoxy) is 1. The van der Waals surface area contributed by atoms with Crippen molar-refractivity contribution >= 4 is 21.8 Å². The van der Waals surface area contributed by atoms with E-state index in [1.54, 1.807) is 6.07 Å². The second-order valence-electron chi connectivity index (χ2n) is 5.53. The lowest BCUT2D eigenvalue weighted by Crippen LogP contribution is -2.40. The summed E-state index contributed by atoms with van der Waals surface area (Å²) in [7, 11) is 0. The zero-order valence-corrected chi connectivity index (χ0v) is 15.0. The van der Waals surface area contributed by atoms with Crippen LogP contribution >= 0.6 is 15.9 Å². The maximum absolute atomic E-state index is 12.1. The molecule has 0 radical (unpaired) electrons. The highest BCUT2D eigenvalue weighted by atomic mass is 79.9. The Kier molecular flexibility index (Phi) is 6.78. The maximum Gasteiger partial charge on any atom is 0.241 e. The lowest BCUT2D eigenvalue weighted by molar-refractivity contribution is -0.123. The highest BCUT2D eigenvalue weighted by Crippen LogP contribution is 2.23. The van der Waals surface area contributed by atoms with Gasteiger partial charge in [-0.15, -0.1) is 0 Å². The topological polar surface area (TPSA) is 84.6 Å². The summed E-state index contributed by atoms with van der Waals surface area (Å²) in [6, 6.07) is 14.1. The number of amides is 1. The number of para-hydroxylation sites is 1. The molecule has 24 heavy (non-hydrogen) atoms. The van der Waals surface area contributed by atoms with Crippen LogP contribution in [0, 0.1) is 6.92 Å². The zero-order chi connectivity index (χ0) is 17.5. The first-order valence-corrected chi connectivity index (χ1v) is 8.42. The quantitative estimate of drug-likeness (QED) is 0.674. The summed E-state index contributed by atoms with van der Waals surface area (Å²) in [5.41, 5.74) is 7.76. The van der Waals surface area contributed by atoms with Gasteiger partial charge in [-0.1, -0.05) is 42.0 Å². The van der Waals surface area contributed by atoms with Crippen LogP contribution in [0.4, 0.5) is 0 Å². The van der Waals surface area contributed by atoms with Crippen molar-refractivity contribution in [3.05, 3.63) is 64.1 Å². The molecule has 2 unspecified atom stereocenters. The summed E-state index contributed by atoms with van der Waals surface area (Å²) < 4.78 is 6.32. The van der Waals surface area contributed by atoms with Gasteiger partial charge in [-0.3, -0.25) is 4.79 Å². The Morgan fingerprint density at radius 3 is 2.58 bits per heavy atom. The Morgan fingerprint density at radius 1 is 1.25 bits per heavy atom. The summed E-state index contributed by atoms with van der Waals surface area (Å²) in [5, 5.41) is 12.6. The van der Waals surface area contributed by atoms with Gasteiger partial charge in [0, 0.05) is 6.54 Å². The van der Waals surface area contributed by atoms with Crippen LogP contribution in [0.25, 0.3) is 0 Å². The first-order chi connectivity index (χ1) is 11.5. The molecule has 0 bridgehead atoms. The number of hydrogen-bond acceptors (Lipinski definition) is 4. The number of carbonyl (C=O) groups excluding carboxylic acids is 1. The Morgan fingerprint density at radius 2 is 1.92 bits per heavy atom. The molecule has 5 nitrogen and oxygen atoms in total. The SMILES string of the molecule is Cc1ccc(C(N)C(=O)NCC(O)COc2ccccc2Br)cc1. The summed E-state index contributed by atoms with van der Waals surface area (Å²) in [5.74, 6) is 0.304. The van der Waals surface area contributed by atoms with Crippen molar-refractivity contribution in [2.75, 3.05) is 13.2 Å². The van der Waals surface area contributed by atoms with E-state index in [9.17, 15) is 9.90 Å². The smallest absolute Gasteiger partial charge is 0.241 e. The molecule has 2 atom stereocenters. The van der Waals surface area contributed by atoms with Crippen molar-refractivity contribution in [1.29, 1.82) is 0 Å². The van der Waals surface area contributed by atoms with Crippen molar-refractivity contribution in [1.82, 2.24) is 5.32 Å². The minimum Gasteiger partial charge on any atom is -0.490 e. The van der Waals surface area contributed by atoms with Crippen LogP contribution in [0.1, 0.15) is 17.2 Å². The van der Waals surface area contributed by atoms with E-state index in [0.717, 1.165) is 15.6 Å². The molecule has 0 heterocycles. The Hall–Kier alpha value is -1.89. The average molecular weight is 393 g/mol. The molecule has 0 fully saturated rings. The van der Waals surface area contributed by atoms with Crippen molar-refractivity contribution in [3.63, 3.8) is 0 Å². The molecule has 2 aromatic carbocycles. The number of rotatable bonds is 7. The number of nitrogens with one attached hydrogen (secondary N) is 1. The number of hydrogen-bond donors (Lipinski definition) is 3. The van der Waals surface area contributed by atoms with E-state index >= 15 is 0 Å². The Labute approximate surface area is 150 Å². The lowest BCUT2D eigenvalue weighted by Gasteiger charge is -2.16. The molecule has 0 aliphatic heterocycles. The number of aliphatic hydroxyl groups excluding tert-OH is 1. The van der Waals surface area contributed by atoms with E-state index in [2.05, 4.69) is 21.2 Å². The van der Waals surface area contributed by atoms with E-state index in [1.165, 1.54) is 0 Å². The number of aliphatic hydroxyl groups is 1. The molecule has 1 amide bonds. The van der Waals surface area contributed by atoms with Gasteiger partial charge in [0.2, 0.25) is 5.91 Å². The fourth-order valence-corrected chi connectivity index (χ4v) is 2.46. The number of carbonyl (C=O) groups is 1. The Bertz CT molecular complexity index is 676. The Balaban J connectivity index is 1.78. The predicted molar refractivity (Wildman–Crippen MR) is 96.8 cm³/mol. The molecule has 0 spiro atoms. The van der Waals surface area contributed by atoms with Gasteiger partial charge in [0.15, 0.2) is 0 Å². The monoisotopic (exact) mass is 392 g/mol. The molecule has 0 aromatic heterocycles. The van der Waals surface area contributed by atoms with Crippen LogP contribution in [-0.2, 0) is 4.79 Å². The van der Waals surface area contributed by atoms with Crippen LogP contribution in [-0.4, -0.2) is 30.3 Å². The fraction of sp³-hybridized carbons (Fsp3) is 0.278. The second kappa shape index (κ2) is 8.82. The van der Waals surface area contributed by atoms with Crippen molar-refractivity contribution in [2.24, 2.45) is 5.73 Å². The average Bonchev–Trinajstić information content (AvgIpc) is 2.59. The van der Waals surface area contributed by atoms with E-state index in [4.69, 9.17) is 10.5 Å². The van der Waals surface area contributed by atoms with Crippen LogP contribution in [0.2, 0.25) is 0 Å². The minimum atomic E-state index is -0.828. The molecule has 0 saturated heterocycles. The van der Waals surface area contributed by atoms with Gasteiger partial charge in [-0.2, -0.15) is 0 Å². The first-order valence-electron chi connectivity index (χ1n) is 7.62. The number of nitrogens with two attached hydrogens (primary N) is 1. The standard InChI is InChI=1S/C18H21BrN2O3/c1-12-6-8-13(9-7-12)17(20)18(23)21-10-14(22)11-24-16-5-3-2-4-15(16)19/h2-9,14,17,22H,10-11,20H2,1H3,(H,21,23). The van der Waals surface area contributed by atoms with Crippen LogP contribution in [0.15, 0.2) is 53.0 Å². The number of benzene rings is 2. The van der Waals surface area contributed by atoms with Crippen LogP contribution in [0.3, 0.4) is 0 Å². The molecule has 0 aliphatic rings. The van der Waals surface area contributed by atoms with E-state index in [1.807, 2.05) is 49.4 Å². The van der Waals surface area contributed by atoms with Gasteiger partial charge in [-0.25, -0.2) is 0 Å². The number of aryl methyl sites for hydroxylation is 1. The molecule has 2 aromatic rings. The summed E-state index contributed by atoms with van der Waals surface area (Å²) >= 11 is 3.37. The van der Waals surface area contributed by atoms with Crippen LogP contribution < -0.4 is 15.8 Å². The summed E-state index contributed by atoms with van der Waals surface area (Å²) in [6.07, 6.45) is -0.828. The van der Waals surface area contributed by atoms with E-state index in [0.29, 0.717) is 5.75 Å². The molecule has 0 saturated carbocycles. The molecule has 128 valence electrons. The first kappa shape index (κ1) is 18.4. The highest BCUT2D eigenvalue weighted by Gasteiger charge is 2.17. The molecule has 4 N–H and O–H groups in total. The van der Waals surface area contributed by atoms with Crippen LogP contribution in [0.5, 0.6) is 5.75 Å². The summed E-state index contributed by atoms with van der Waals surface area (Å²) in [6.45, 7) is 2.11. The van der Waals surface area contributed by atoms with Gasteiger partial charge in [0.05, 0.1) is 4.47 Å². The minimum absolute atomic E-state index is 0.0721. The van der Waals surface area contributed by atoms with Gasteiger partial charge in [-0.05, 0) is 40.5 Å². The molecule has 0 aliphatic carbocycles. The van der Waals surface area contributed by atoms with Crippen molar-refractivity contribution < 1.29 is 14.6 Å². The normalized spacial score (nSPS) is 13.2. The van der Waals surface area contributed by atoms with Crippen molar-refractivity contribution in [3.8, 4) is 5.75 Å². The van der Waals surface area contributed by atoms with Gasteiger partial charge in [0.1, 0.15) is 24.5 Å².